The van der Waals surface area contributed by atoms with E-state index in [4.69, 9.17) is 16.0 Å². The van der Waals surface area contributed by atoms with Crippen LogP contribution >= 0.6 is 11.6 Å². The first-order chi connectivity index (χ1) is 8.13. The number of aliphatic hydroxyl groups is 1. The van der Waals surface area contributed by atoms with Crippen LogP contribution in [0.2, 0.25) is 5.02 Å². The molecule has 1 unspecified atom stereocenters. The quantitative estimate of drug-likeness (QED) is 0.847. The number of furan rings is 1. The summed E-state index contributed by atoms with van der Waals surface area (Å²) >= 11 is 6.13. The predicted octanol–water partition coefficient (Wildman–Crippen LogP) is 2.24. The van der Waals surface area contributed by atoms with Gasteiger partial charge in [-0.3, -0.25) is 4.68 Å². The van der Waals surface area contributed by atoms with E-state index < -0.39 is 5.60 Å². The van der Waals surface area contributed by atoms with Gasteiger partial charge in [0.1, 0.15) is 11.4 Å². The number of nitrogens with zero attached hydrogens (tertiary/aromatic N) is 2. The molecular weight excluding hydrogens is 240 g/mol. The van der Waals surface area contributed by atoms with Gasteiger partial charge >= 0.3 is 0 Å². The molecule has 0 aromatic carbocycles. The number of aromatic nitrogens is 2. The van der Waals surface area contributed by atoms with E-state index in [0.29, 0.717) is 17.1 Å². The first-order valence-corrected chi connectivity index (χ1v) is 5.98. The summed E-state index contributed by atoms with van der Waals surface area (Å²) in [6, 6.07) is 1.82. The number of fused-ring (bicyclic) bond motifs is 1. The second-order valence-corrected chi connectivity index (χ2v) is 4.84. The Kier molecular flexibility index (Phi) is 2.31. The molecule has 1 atom stereocenters. The van der Waals surface area contributed by atoms with Crippen LogP contribution in [0.5, 0.6) is 0 Å². The molecule has 1 aliphatic carbocycles. The first-order valence-electron chi connectivity index (χ1n) is 5.60. The third kappa shape index (κ3) is 1.44. The summed E-state index contributed by atoms with van der Waals surface area (Å²) in [5.74, 6) is 0.844. The van der Waals surface area contributed by atoms with E-state index in [-0.39, 0.29) is 0 Å². The molecule has 2 aromatic rings. The topological polar surface area (TPSA) is 51.2 Å². The van der Waals surface area contributed by atoms with E-state index in [2.05, 4.69) is 5.10 Å². The van der Waals surface area contributed by atoms with Gasteiger partial charge in [0.25, 0.3) is 0 Å². The lowest BCUT2D eigenvalue weighted by molar-refractivity contribution is 0.0508. The van der Waals surface area contributed by atoms with Gasteiger partial charge in [-0.15, -0.1) is 0 Å². The van der Waals surface area contributed by atoms with Crippen LogP contribution in [-0.4, -0.2) is 14.9 Å². The monoisotopic (exact) mass is 252 g/mol. The second-order valence-electron chi connectivity index (χ2n) is 4.44. The third-order valence-electron chi connectivity index (χ3n) is 3.42. The van der Waals surface area contributed by atoms with Crippen molar-refractivity contribution in [3.05, 3.63) is 40.6 Å². The van der Waals surface area contributed by atoms with Crippen molar-refractivity contribution in [3.63, 3.8) is 0 Å². The van der Waals surface area contributed by atoms with Crippen LogP contribution in [-0.2, 0) is 19.1 Å². The Morgan fingerprint density at radius 2 is 2.41 bits per heavy atom. The smallest absolute Gasteiger partial charge is 0.136 e. The molecule has 1 aliphatic rings. The first kappa shape index (κ1) is 10.9. The van der Waals surface area contributed by atoms with Crippen LogP contribution in [0.3, 0.4) is 0 Å². The zero-order chi connectivity index (χ0) is 12.0. The minimum atomic E-state index is -1.08. The molecule has 0 spiro atoms. The highest BCUT2D eigenvalue weighted by atomic mass is 35.5. The minimum absolute atomic E-state index is 0.490. The van der Waals surface area contributed by atoms with E-state index in [1.54, 1.807) is 24.2 Å². The molecule has 0 bridgehead atoms. The van der Waals surface area contributed by atoms with Gasteiger partial charge in [0.05, 0.1) is 23.2 Å². The van der Waals surface area contributed by atoms with Crippen LogP contribution < -0.4 is 0 Å². The highest BCUT2D eigenvalue weighted by Crippen LogP contribution is 2.43. The molecule has 2 heterocycles. The number of rotatable bonds is 1. The Bertz CT molecular complexity index is 541. The molecule has 0 amide bonds. The zero-order valence-electron chi connectivity index (χ0n) is 9.48. The minimum Gasteiger partial charge on any atom is -0.469 e. The second kappa shape index (κ2) is 3.62. The van der Waals surface area contributed by atoms with E-state index in [9.17, 15) is 5.11 Å². The van der Waals surface area contributed by atoms with Crippen molar-refractivity contribution in [3.8, 4) is 0 Å². The van der Waals surface area contributed by atoms with Crippen LogP contribution in [0.15, 0.2) is 22.9 Å². The summed E-state index contributed by atoms with van der Waals surface area (Å²) in [6.45, 7) is 0. The van der Waals surface area contributed by atoms with Crippen molar-refractivity contribution in [2.24, 2.45) is 7.05 Å². The van der Waals surface area contributed by atoms with Gasteiger partial charge in [0.15, 0.2) is 0 Å². The number of hydrogen-bond donors (Lipinski definition) is 1. The zero-order valence-corrected chi connectivity index (χ0v) is 10.2. The largest absolute Gasteiger partial charge is 0.469 e. The third-order valence-corrected chi connectivity index (χ3v) is 3.70. The van der Waals surface area contributed by atoms with Crippen LogP contribution in [0.25, 0.3) is 0 Å². The van der Waals surface area contributed by atoms with Crippen molar-refractivity contribution in [1.29, 1.82) is 0 Å². The SMILES string of the molecule is Cn1ncc(Cl)c1C1(O)CCCc2occc21. The van der Waals surface area contributed by atoms with Gasteiger partial charge < -0.3 is 9.52 Å². The van der Waals surface area contributed by atoms with E-state index in [1.807, 2.05) is 6.07 Å². The van der Waals surface area contributed by atoms with Gasteiger partial charge in [-0.1, -0.05) is 11.6 Å². The van der Waals surface area contributed by atoms with Crippen LogP contribution in [0, 0.1) is 0 Å². The number of halogens is 1. The Labute approximate surface area is 104 Å². The highest BCUT2D eigenvalue weighted by molar-refractivity contribution is 6.31. The lowest BCUT2D eigenvalue weighted by Gasteiger charge is -2.32. The highest BCUT2D eigenvalue weighted by Gasteiger charge is 2.41. The molecule has 1 N–H and O–H groups in total. The average molecular weight is 253 g/mol. The lowest BCUT2D eigenvalue weighted by atomic mass is 9.80. The Morgan fingerprint density at radius 3 is 3.12 bits per heavy atom. The Morgan fingerprint density at radius 1 is 1.59 bits per heavy atom. The molecule has 5 heteroatoms. The molecule has 17 heavy (non-hydrogen) atoms. The predicted molar refractivity (Wildman–Crippen MR) is 62.9 cm³/mol. The molecule has 0 fully saturated rings. The lowest BCUT2D eigenvalue weighted by Crippen LogP contribution is -2.33. The maximum Gasteiger partial charge on any atom is 0.136 e. The van der Waals surface area contributed by atoms with Gasteiger partial charge in [-0.2, -0.15) is 5.10 Å². The summed E-state index contributed by atoms with van der Waals surface area (Å²) < 4.78 is 7.03. The van der Waals surface area contributed by atoms with Crippen molar-refractivity contribution in [2.75, 3.05) is 0 Å². The summed E-state index contributed by atoms with van der Waals surface area (Å²) in [4.78, 5) is 0. The molecule has 0 saturated carbocycles. The van der Waals surface area contributed by atoms with E-state index in [0.717, 1.165) is 24.2 Å². The molecule has 0 radical (unpaired) electrons. The summed E-state index contributed by atoms with van der Waals surface area (Å²) in [6.07, 6.45) is 5.55. The van der Waals surface area contributed by atoms with E-state index >= 15 is 0 Å². The number of aryl methyl sites for hydroxylation is 2. The fourth-order valence-corrected chi connectivity index (χ4v) is 2.99. The summed E-state index contributed by atoms with van der Waals surface area (Å²) in [5, 5.41) is 15.5. The molecule has 2 aromatic heterocycles. The van der Waals surface area contributed by atoms with Crippen LogP contribution in [0.1, 0.15) is 29.9 Å². The maximum absolute atomic E-state index is 10.9. The Balaban J connectivity index is 2.22. The molecule has 0 saturated heterocycles. The normalized spacial score (nSPS) is 23.7. The Hall–Kier alpha value is -1.26. The van der Waals surface area contributed by atoms with Crippen molar-refractivity contribution in [1.82, 2.24) is 9.78 Å². The fraction of sp³-hybridized carbons (Fsp3) is 0.417. The van der Waals surface area contributed by atoms with Crippen molar-refractivity contribution < 1.29 is 9.52 Å². The molecule has 3 rings (SSSR count). The summed E-state index contributed by atoms with van der Waals surface area (Å²) in [7, 11) is 1.79. The standard InChI is InChI=1S/C12H13ClN2O2/c1-15-11(9(13)7-14-15)12(16)5-2-3-10-8(12)4-6-17-10/h4,6-7,16H,2-3,5H2,1H3. The number of hydrogen-bond acceptors (Lipinski definition) is 3. The summed E-state index contributed by atoms with van der Waals surface area (Å²) in [5.41, 5.74) is 0.374. The van der Waals surface area contributed by atoms with Crippen LogP contribution in [0.4, 0.5) is 0 Å². The van der Waals surface area contributed by atoms with Crippen molar-refractivity contribution >= 4 is 11.6 Å². The molecular formula is C12H13ClN2O2. The van der Waals surface area contributed by atoms with E-state index in [1.165, 1.54) is 0 Å². The maximum atomic E-state index is 10.9. The van der Waals surface area contributed by atoms with Gasteiger partial charge in [-0.05, 0) is 18.9 Å². The average Bonchev–Trinajstić information content (AvgIpc) is 2.87. The molecule has 0 aliphatic heterocycles. The van der Waals surface area contributed by atoms with Crippen molar-refractivity contribution in [2.45, 2.75) is 24.9 Å². The fourth-order valence-electron chi connectivity index (χ4n) is 2.66. The molecule has 90 valence electrons. The van der Waals surface area contributed by atoms with Gasteiger partial charge in [0.2, 0.25) is 0 Å². The van der Waals surface area contributed by atoms with Gasteiger partial charge in [0, 0.05) is 19.0 Å². The molecule has 4 nitrogen and oxygen atoms in total. The van der Waals surface area contributed by atoms with Gasteiger partial charge in [-0.25, -0.2) is 0 Å².